The third kappa shape index (κ3) is 3.72. The van der Waals surface area contributed by atoms with Gasteiger partial charge >= 0.3 is 6.09 Å². The van der Waals surface area contributed by atoms with Crippen LogP contribution < -0.4 is 10.6 Å². The van der Waals surface area contributed by atoms with E-state index in [1.807, 2.05) is 39.8 Å². The van der Waals surface area contributed by atoms with Gasteiger partial charge in [-0.3, -0.25) is 0 Å². The Bertz CT molecular complexity index is 713. The topological polar surface area (TPSA) is 80.5 Å². The summed E-state index contributed by atoms with van der Waals surface area (Å²) in [7, 11) is 0. The maximum absolute atomic E-state index is 11.7. The average Bonchev–Trinajstić information content (AvgIpc) is 2.81. The van der Waals surface area contributed by atoms with Crippen molar-refractivity contribution in [2.45, 2.75) is 58.2 Å². The SMILES string of the molecule is Cc1cc(NC2CC(NC(=O)OC(C)(C)C)C2)n2nccc2n1. The summed E-state index contributed by atoms with van der Waals surface area (Å²) in [6.07, 6.45) is 3.11. The van der Waals surface area contributed by atoms with E-state index in [1.165, 1.54) is 0 Å². The predicted octanol–water partition coefficient (Wildman–Crippen LogP) is 2.51. The molecule has 2 aromatic rings. The number of hydrogen-bond donors (Lipinski definition) is 2. The number of aromatic nitrogens is 3. The van der Waals surface area contributed by atoms with Gasteiger partial charge in [0.2, 0.25) is 0 Å². The number of carbonyl (C=O) groups is 1. The Balaban J connectivity index is 1.54. The van der Waals surface area contributed by atoms with Gasteiger partial charge in [0.1, 0.15) is 11.4 Å². The van der Waals surface area contributed by atoms with E-state index >= 15 is 0 Å². The first kappa shape index (κ1) is 15.6. The molecule has 0 saturated heterocycles. The van der Waals surface area contributed by atoms with E-state index in [1.54, 1.807) is 10.7 Å². The Morgan fingerprint density at radius 2 is 2.09 bits per heavy atom. The van der Waals surface area contributed by atoms with Crippen molar-refractivity contribution < 1.29 is 9.53 Å². The monoisotopic (exact) mass is 317 g/mol. The lowest BCUT2D eigenvalue weighted by atomic mass is 9.87. The molecule has 1 saturated carbocycles. The molecule has 1 fully saturated rings. The second-order valence-corrected chi connectivity index (χ2v) is 7.04. The molecule has 2 aromatic heterocycles. The first-order valence-corrected chi connectivity index (χ1v) is 7.87. The zero-order valence-electron chi connectivity index (χ0n) is 14.0. The van der Waals surface area contributed by atoms with Crippen molar-refractivity contribution in [3.8, 4) is 0 Å². The predicted molar refractivity (Wildman–Crippen MR) is 87.5 cm³/mol. The number of fused-ring (bicyclic) bond motifs is 1. The zero-order chi connectivity index (χ0) is 16.6. The highest BCUT2D eigenvalue weighted by molar-refractivity contribution is 5.68. The third-order valence-electron chi connectivity index (χ3n) is 3.70. The highest BCUT2D eigenvalue weighted by Crippen LogP contribution is 2.25. The molecular formula is C16H23N5O2. The minimum Gasteiger partial charge on any atom is -0.444 e. The molecule has 1 amide bonds. The largest absolute Gasteiger partial charge is 0.444 e. The van der Waals surface area contributed by atoms with Crippen LogP contribution >= 0.6 is 0 Å². The minimum absolute atomic E-state index is 0.151. The van der Waals surface area contributed by atoms with Crippen molar-refractivity contribution in [3.63, 3.8) is 0 Å². The molecule has 23 heavy (non-hydrogen) atoms. The number of carbonyl (C=O) groups excluding carboxylic acids is 1. The van der Waals surface area contributed by atoms with Crippen LogP contribution in [0.15, 0.2) is 18.3 Å². The van der Waals surface area contributed by atoms with Crippen LogP contribution in [0.25, 0.3) is 5.65 Å². The van der Waals surface area contributed by atoms with Crippen molar-refractivity contribution in [2.24, 2.45) is 0 Å². The van der Waals surface area contributed by atoms with Crippen LogP contribution in [0.5, 0.6) is 0 Å². The van der Waals surface area contributed by atoms with Crippen molar-refractivity contribution in [3.05, 3.63) is 24.0 Å². The molecule has 0 atom stereocenters. The molecule has 2 heterocycles. The van der Waals surface area contributed by atoms with Crippen molar-refractivity contribution in [2.75, 3.05) is 5.32 Å². The molecule has 124 valence electrons. The maximum Gasteiger partial charge on any atom is 0.407 e. The van der Waals surface area contributed by atoms with Crippen LogP contribution in [0.1, 0.15) is 39.3 Å². The molecule has 0 aromatic carbocycles. The fourth-order valence-corrected chi connectivity index (χ4v) is 2.68. The molecule has 1 aliphatic rings. The summed E-state index contributed by atoms with van der Waals surface area (Å²) in [4.78, 5) is 16.2. The van der Waals surface area contributed by atoms with Gasteiger partial charge in [0, 0.05) is 29.9 Å². The van der Waals surface area contributed by atoms with Gasteiger partial charge in [0.05, 0.1) is 6.20 Å². The molecular weight excluding hydrogens is 294 g/mol. The second kappa shape index (κ2) is 5.72. The van der Waals surface area contributed by atoms with Crippen LogP contribution in [0, 0.1) is 6.92 Å². The summed E-state index contributed by atoms with van der Waals surface area (Å²) in [6, 6.07) is 4.32. The van der Waals surface area contributed by atoms with E-state index in [-0.39, 0.29) is 12.1 Å². The number of nitrogens with one attached hydrogen (secondary N) is 2. The van der Waals surface area contributed by atoms with Gasteiger partial charge in [0.25, 0.3) is 0 Å². The number of anilines is 1. The first-order chi connectivity index (χ1) is 10.8. The highest BCUT2D eigenvalue weighted by Gasteiger charge is 2.32. The summed E-state index contributed by atoms with van der Waals surface area (Å²) in [5, 5.41) is 10.6. The summed E-state index contributed by atoms with van der Waals surface area (Å²) in [6.45, 7) is 7.54. The summed E-state index contributed by atoms with van der Waals surface area (Å²) in [5.41, 5.74) is 1.31. The van der Waals surface area contributed by atoms with Gasteiger partial charge in [-0.2, -0.15) is 9.61 Å². The molecule has 0 bridgehead atoms. The van der Waals surface area contributed by atoms with Crippen LogP contribution in [0.2, 0.25) is 0 Å². The Hall–Kier alpha value is -2.31. The van der Waals surface area contributed by atoms with E-state index < -0.39 is 5.60 Å². The van der Waals surface area contributed by atoms with Crippen LogP contribution in [-0.4, -0.2) is 38.4 Å². The lowest BCUT2D eigenvalue weighted by Crippen LogP contribution is -2.50. The second-order valence-electron chi connectivity index (χ2n) is 7.04. The number of aryl methyl sites for hydroxylation is 1. The molecule has 7 nitrogen and oxygen atoms in total. The van der Waals surface area contributed by atoms with Gasteiger partial charge < -0.3 is 15.4 Å². The van der Waals surface area contributed by atoms with Crippen molar-refractivity contribution in [1.29, 1.82) is 0 Å². The van der Waals surface area contributed by atoms with Crippen LogP contribution in [0.3, 0.4) is 0 Å². The van der Waals surface area contributed by atoms with Crippen LogP contribution in [-0.2, 0) is 4.74 Å². The quantitative estimate of drug-likeness (QED) is 0.909. The van der Waals surface area contributed by atoms with E-state index in [9.17, 15) is 4.79 Å². The lowest BCUT2D eigenvalue weighted by Gasteiger charge is -2.37. The molecule has 0 spiro atoms. The number of alkyl carbamates (subject to hydrolysis) is 1. The van der Waals surface area contributed by atoms with Gasteiger partial charge in [-0.15, -0.1) is 0 Å². The Morgan fingerprint density at radius 3 is 2.78 bits per heavy atom. The molecule has 2 N–H and O–H groups in total. The number of nitrogens with zero attached hydrogens (tertiary/aromatic N) is 3. The smallest absolute Gasteiger partial charge is 0.407 e. The summed E-state index contributed by atoms with van der Waals surface area (Å²) in [5.74, 6) is 0.929. The van der Waals surface area contributed by atoms with Gasteiger partial charge in [-0.25, -0.2) is 9.78 Å². The molecule has 3 rings (SSSR count). The number of hydrogen-bond acceptors (Lipinski definition) is 5. The molecule has 0 unspecified atom stereocenters. The van der Waals surface area contributed by atoms with Crippen molar-refractivity contribution in [1.82, 2.24) is 19.9 Å². The third-order valence-corrected chi connectivity index (χ3v) is 3.70. The van der Waals surface area contributed by atoms with E-state index in [2.05, 4.69) is 20.7 Å². The number of amides is 1. The van der Waals surface area contributed by atoms with Gasteiger partial charge in [-0.05, 0) is 40.5 Å². The Morgan fingerprint density at radius 1 is 1.35 bits per heavy atom. The molecule has 1 aliphatic carbocycles. The van der Waals surface area contributed by atoms with Crippen molar-refractivity contribution >= 4 is 17.6 Å². The highest BCUT2D eigenvalue weighted by atomic mass is 16.6. The normalized spacial score (nSPS) is 20.9. The number of rotatable bonds is 3. The zero-order valence-corrected chi connectivity index (χ0v) is 14.0. The Kier molecular flexibility index (Phi) is 3.87. The lowest BCUT2D eigenvalue weighted by molar-refractivity contribution is 0.0475. The standard InChI is InChI=1S/C16H23N5O2/c1-10-7-14(21-13(18-10)5-6-17-21)19-11-8-12(9-11)20-15(22)23-16(2,3)4/h5-7,11-12,19H,8-9H2,1-4H3,(H,20,22). The van der Waals surface area contributed by atoms with Crippen LogP contribution in [0.4, 0.5) is 10.6 Å². The summed E-state index contributed by atoms with van der Waals surface area (Å²) >= 11 is 0. The molecule has 0 aliphatic heterocycles. The Labute approximate surface area is 135 Å². The fraction of sp³-hybridized carbons (Fsp3) is 0.562. The van der Waals surface area contributed by atoms with Gasteiger partial charge in [0.15, 0.2) is 5.65 Å². The molecule has 0 radical (unpaired) electrons. The number of ether oxygens (including phenoxy) is 1. The maximum atomic E-state index is 11.7. The average molecular weight is 317 g/mol. The van der Waals surface area contributed by atoms with E-state index in [0.29, 0.717) is 6.04 Å². The van der Waals surface area contributed by atoms with Gasteiger partial charge in [-0.1, -0.05) is 0 Å². The fourth-order valence-electron chi connectivity index (χ4n) is 2.68. The first-order valence-electron chi connectivity index (χ1n) is 7.87. The molecule has 7 heteroatoms. The minimum atomic E-state index is -0.467. The van der Waals surface area contributed by atoms with E-state index in [0.717, 1.165) is 30.0 Å². The summed E-state index contributed by atoms with van der Waals surface area (Å²) < 4.78 is 7.06. The van der Waals surface area contributed by atoms with E-state index in [4.69, 9.17) is 4.74 Å².